The van der Waals surface area contributed by atoms with Crippen LogP contribution in [-0.2, 0) is 6.42 Å². The second kappa shape index (κ2) is 4.41. The van der Waals surface area contributed by atoms with Gasteiger partial charge in [-0.25, -0.2) is 0 Å². The maximum absolute atomic E-state index is 3.70. The highest BCUT2D eigenvalue weighted by Gasteiger charge is 2.19. The van der Waals surface area contributed by atoms with Crippen LogP contribution in [0.1, 0.15) is 36.8 Å². The minimum absolute atomic E-state index is 0.696. The molecule has 1 nitrogen and oxygen atoms in total. The summed E-state index contributed by atoms with van der Waals surface area (Å²) in [6, 6.07) is 16.4. The van der Waals surface area contributed by atoms with E-state index in [0.29, 0.717) is 6.04 Å². The van der Waals surface area contributed by atoms with Crippen molar-refractivity contribution < 1.29 is 0 Å². The number of nitrogens with one attached hydrogen (secondary N) is 1. The van der Waals surface area contributed by atoms with Gasteiger partial charge in [0, 0.05) is 11.7 Å². The summed E-state index contributed by atoms with van der Waals surface area (Å²) in [4.78, 5) is 0. The highest BCUT2D eigenvalue weighted by atomic mass is 14.9. The number of hydrogen-bond acceptors (Lipinski definition) is 1. The van der Waals surface area contributed by atoms with Gasteiger partial charge in [0.05, 0.1) is 0 Å². The van der Waals surface area contributed by atoms with E-state index in [4.69, 9.17) is 0 Å². The summed E-state index contributed by atoms with van der Waals surface area (Å²) in [6.45, 7) is 0. The monoisotopic (exact) mass is 249 g/mol. The van der Waals surface area contributed by atoms with Crippen LogP contribution in [0.4, 0.5) is 5.69 Å². The van der Waals surface area contributed by atoms with Crippen molar-refractivity contribution in [3.8, 4) is 11.1 Å². The Morgan fingerprint density at radius 1 is 0.842 bits per heavy atom. The van der Waals surface area contributed by atoms with Crippen molar-refractivity contribution >= 4 is 5.69 Å². The Kier molecular flexibility index (Phi) is 2.58. The molecule has 0 atom stereocenters. The molecule has 2 aliphatic carbocycles. The predicted molar refractivity (Wildman–Crippen MR) is 80.6 cm³/mol. The first-order valence-electron chi connectivity index (χ1n) is 7.38. The van der Waals surface area contributed by atoms with Crippen molar-refractivity contribution in [2.45, 2.75) is 38.1 Å². The SMILES string of the molecule is c1ccc2c(c1)Cc1cc(NC3CCCC3)ccc1-2. The predicted octanol–water partition coefficient (Wildman–Crippen LogP) is 4.61. The second-order valence-corrected chi connectivity index (χ2v) is 5.83. The van der Waals surface area contributed by atoms with Gasteiger partial charge in [0.25, 0.3) is 0 Å². The number of fused-ring (bicyclic) bond motifs is 3. The van der Waals surface area contributed by atoms with E-state index < -0.39 is 0 Å². The van der Waals surface area contributed by atoms with E-state index in [2.05, 4.69) is 47.8 Å². The Hall–Kier alpha value is -1.76. The van der Waals surface area contributed by atoms with Crippen molar-refractivity contribution in [3.05, 3.63) is 53.6 Å². The van der Waals surface area contributed by atoms with Crippen LogP contribution in [0.2, 0.25) is 0 Å². The summed E-state index contributed by atoms with van der Waals surface area (Å²) < 4.78 is 0. The first-order chi connectivity index (χ1) is 9.40. The molecule has 0 heterocycles. The summed E-state index contributed by atoms with van der Waals surface area (Å²) in [6.07, 6.45) is 6.52. The normalized spacial score (nSPS) is 17.3. The fraction of sp³-hybridized carbons (Fsp3) is 0.333. The average Bonchev–Trinajstić information content (AvgIpc) is 3.05. The Balaban J connectivity index is 1.64. The zero-order valence-corrected chi connectivity index (χ0v) is 11.2. The van der Waals surface area contributed by atoms with Crippen molar-refractivity contribution in [3.63, 3.8) is 0 Å². The van der Waals surface area contributed by atoms with Gasteiger partial charge in [0.2, 0.25) is 0 Å². The molecule has 0 bridgehead atoms. The maximum atomic E-state index is 3.70. The molecule has 96 valence electrons. The van der Waals surface area contributed by atoms with Gasteiger partial charge in [-0.2, -0.15) is 0 Å². The minimum atomic E-state index is 0.696. The summed E-state index contributed by atoms with van der Waals surface area (Å²) in [5.41, 5.74) is 7.09. The van der Waals surface area contributed by atoms with E-state index in [-0.39, 0.29) is 0 Å². The van der Waals surface area contributed by atoms with Crippen molar-refractivity contribution in [2.75, 3.05) is 5.32 Å². The lowest BCUT2D eigenvalue weighted by molar-refractivity contribution is 0.755. The maximum Gasteiger partial charge on any atom is 0.0345 e. The molecular formula is C18H19N. The van der Waals surface area contributed by atoms with E-state index in [1.165, 1.54) is 53.6 Å². The molecule has 2 aliphatic rings. The number of hydrogen-bond donors (Lipinski definition) is 1. The average molecular weight is 249 g/mol. The van der Waals surface area contributed by atoms with Crippen LogP contribution in [0, 0.1) is 0 Å². The Bertz CT molecular complexity index is 609. The van der Waals surface area contributed by atoms with Crippen LogP contribution in [0.3, 0.4) is 0 Å². The molecule has 0 spiro atoms. The standard InChI is InChI=1S/C18H19N/c1-4-8-17-13(5-1)11-14-12-16(9-10-18(14)17)19-15-6-2-3-7-15/h1,4-5,8-10,12,15,19H,2-3,6-7,11H2. The van der Waals surface area contributed by atoms with Crippen LogP contribution < -0.4 is 5.32 Å². The summed E-state index contributed by atoms with van der Waals surface area (Å²) in [5.74, 6) is 0. The van der Waals surface area contributed by atoms with E-state index in [1.807, 2.05) is 0 Å². The van der Waals surface area contributed by atoms with Gasteiger partial charge in [-0.05, 0) is 53.6 Å². The number of anilines is 1. The molecule has 4 rings (SSSR count). The lowest BCUT2D eigenvalue weighted by Crippen LogP contribution is -2.14. The Morgan fingerprint density at radius 2 is 1.63 bits per heavy atom. The van der Waals surface area contributed by atoms with Crippen LogP contribution in [0.5, 0.6) is 0 Å². The molecule has 0 unspecified atom stereocenters. The molecule has 19 heavy (non-hydrogen) atoms. The molecule has 1 heteroatoms. The van der Waals surface area contributed by atoms with Gasteiger partial charge in [-0.15, -0.1) is 0 Å². The highest BCUT2D eigenvalue weighted by Crippen LogP contribution is 2.38. The smallest absolute Gasteiger partial charge is 0.0345 e. The third kappa shape index (κ3) is 1.94. The molecule has 2 aromatic carbocycles. The minimum Gasteiger partial charge on any atom is -0.382 e. The van der Waals surface area contributed by atoms with Crippen LogP contribution in [0.15, 0.2) is 42.5 Å². The molecule has 0 aromatic heterocycles. The van der Waals surface area contributed by atoms with Crippen molar-refractivity contribution in [2.24, 2.45) is 0 Å². The summed E-state index contributed by atoms with van der Waals surface area (Å²) in [5, 5.41) is 3.70. The first kappa shape index (κ1) is 11.1. The lowest BCUT2D eigenvalue weighted by Gasteiger charge is -2.14. The summed E-state index contributed by atoms with van der Waals surface area (Å²) >= 11 is 0. The van der Waals surface area contributed by atoms with E-state index in [0.717, 1.165) is 6.42 Å². The van der Waals surface area contributed by atoms with Gasteiger partial charge >= 0.3 is 0 Å². The third-order valence-electron chi connectivity index (χ3n) is 4.52. The van der Waals surface area contributed by atoms with E-state index >= 15 is 0 Å². The molecule has 1 saturated carbocycles. The van der Waals surface area contributed by atoms with Gasteiger partial charge in [-0.1, -0.05) is 43.2 Å². The Morgan fingerprint density at radius 3 is 2.53 bits per heavy atom. The fourth-order valence-corrected chi connectivity index (χ4v) is 3.54. The molecule has 1 fully saturated rings. The van der Waals surface area contributed by atoms with Gasteiger partial charge in [-0.3, -0.25) is 0 Å². The quantitative estimate of drug-likeness (QED) is 0.699. The first-order valence-corrected chi connectivity index (χ1v) is 7.38. The zero-order valence-electron chi connectivity index (χ0n) is 11.2. The molecule has 2 aromatic rings. The lowest BCUT2D eigenvalue weighted by atomic mass is 10.1. The highest BCUT2D eigenvalue weighted by molar-refractivity contribution is 5.78. The Labute approximate surface area is 114 Å². The molecule has 0 aliphatic heterocycles. The molecule has 0 radical (unpaired) electrons. The molecule has 1 N–H and O–H groups in total. The third-order valence-corrected chi connectivity index (χ3v) is 4.52. The van der Waals surface area contributed by atoms with Gasteiger partial charge < -0.3 is 5.32 Å². The number of benzene rings is 2. The fourth-order valence-electron chi connectivity index (χ4n) is 3.54. The van der Waals surface area contributed by atoms with Gasteiger partial charge in [0.1, 0.15) is 0 Å². The van der Waals surface area contributed by atoms with Gasteiger partial charge in [0.15, 0.2) is 0 Å². The topological polar surface area (TPSA) is 12.0 Å². The van der Waals surface area contributed by atoms with E-state index in [1.54, 1.807) is 0 Å². The number of rotatable bonds is 2. The summed E-state index contributed by atoms with van der Waals surface area (Å²) in [7, 11) is 0. The van der Waals surface area contributed by atoms with E-state index in [9.17, 15) is 0 Å². The largest absolute Gasteiger partial charge is 0.382 e. The molecular weight excluding hydrogens is 230 g/mol. The van der Waals surface area contributed by atoms with Crippen LogP contribution in [0.25, 0.3) is 11.1 Å². The van der Waals surface area contributed by atoms with Crippen LogP contribution in [-0.4, -0.2) is 6.04 Å². The second-order valence-electron chi connectivity index (χ2n) is 5.83. The molecule has 0 saturated heterocycles. The molecule has 0 amide bonds. The van der Waals surface area contributed by atoms with Crippen molar-refractivity contribution in [1.29, 1.82) is 0 Å². The zero-order chi connectivity index (χ0) is 12.7. The van der Waals surface area contributed by atoms with Crippen LogP contribution >= 0.6 is 0 Å². The van der Waals surface area contributed by atoms with Crippen molar-refractivity contribution in [1.82, 2.24) is 0 Å².